The molecule has 1 aliphatic heterocycles. The molecular weight excluding hydrogens is 244 g/mol. The van der Waals surface area contributed by atoms with E-state index in [0.29, 0.717) is 11.0 Å². The highest BCUT2D eigenvalue weighted by atomic mass is 15.2. The van der Waals surface area contributed by atoms with Crippen molar-refractivity contribution in [1.82, 2.24) is 10.2 Å². The van der Waals surface area contributed by atoms with Crippen molar-refractivity contribution in [3.63, 3.8) is 0 Å². The molecule has 2 nitrogen and oxygen atoms in total. The van der Waals surface area contributed by atoms with Gasteiger partial charge in [-0.1, -0.05) is 39.5 Å². The van der Waals surface area contributed by atoms with Crippen LogP contribution in [0.5, 0.6) is 0 Å². The maximum Gasteiger partial charge on any atom is 0.0309 e. The molecule has 0 bridgehead atoms. The Labute approximate surface area is 125 Å². The Balaban J connectivity index is 1.63. The van der Waals surface area contributed by atoms with Gasteiger partial charge in [-0.3, -0.25) is 4.90 Å². The Kier molecular flexibility index (Phi) is 4.42. The van der Waals surface area contributed by atoms with E-state index in [0.717, 1.165) is 5.92 Å². The van der Waals surface area contributed by atoms with E-state index in [9.17, 15) is 0 Å². The molecule has 0 aromatic heterocycles. The van der Waals surface area contributed by atoms with Crippen molar-refractivity contribution < 1.29 is 0 Å². The van der Waals surface area contributed by atoms with Crippen molar-refractivity contribution in [3.05, 3.63) is 0 Å². The van der Waals surface area contributed by atoms with Crippen molar-refractivity contribution in [2.45, 2.75) is 77.2 Å². The molecule has 0 atom stereocenters. The van der Waals surface area contributed by atoms with Crippen LogP contribution in [0.1, 0.15) is 71.6 Å². The largest absolute Gasteiger partial charge is 0.309 e. The Bertz CT molecular complexity index is 311. The summed E-state index contributed by atoms with van der Waals surface area (Å²) < 4.78 is 0. The van der Waals surface area contributed by atoms with E-state index in [2.05, 4.69) is 24.1 Å². The predicted molar refractivity (Wildman–Crippen MR) is 86.0 cm³/mol. The summed E-state index contributed by atoms with van der Waals surface area (Å²) in [6.45, 7) is 10.0. The standard InChI is InChI=1S/C18H34N2/c1-16(2)13-17(7-3-4-8-17)14-20-12-11-19-18(15-20)9-5-6-10-18/h16,19H,3-15H2,1-2H3. The van der Waals surface area contributed by atoms with Gasteiger partial charge in [-0.15, -0.1) is 0 Å². The number of hydrogen-bond acceptors (Lipinski definition) is 2. The minimum atomic E-state index is 0.496. The second-order valence-electron chi connectivity index (χ2n) is 8.43. The molecule has 2 heteroatoms. The molecule has 1 heterocycles. The van der Waals surface area contributed by atoms with Crippen molar-refractivity contribution >= 4 is 0 Å². The number of hydrogen-bond donors (Lipinski definition) is 1. The lowest BCUT2D eigenvalue weighted by atomic mass is 9.77. The third kappa shape index (κ3) is 3.22. The summed E-state index contributed by atoms with van der Waals surface area (Å²) in [6.07, 6.45) is 13.1. The summed E-state index contributed by atoms with van der Waals surface area (Å²) >= 11 is 0. The van der Waals surface area contributed by atoms with Crippen LogP contribution in [0.25, 0.3) is 0 Å². The molecule has 3 aliphatic rings. The van der Waals surface area contributed by atoms with E-state index in [1.54, 1.807) is 0 Å². The lowest BCUT2D eigenvalue weighted by molar-refractivity contribution is 0.0724. The molecule has 3 fully saturated rings. The number of nitrogens with zero attached hydrogens (tertiary/aromatic N) is 1. The van der Waals surface area contributed by atoms with E-state index >= 15 is 0 Å². The van der Waals surface area contributed by atoms with Crippen LogP contribution in [0, 0.1) is 11.3 Å². The summed E-state index contributed by atoms with van der Waals surface area (Å²) in [7, 11) is 0. The highest BCUT2D eigenvalue weighted by Gasteiger charge is 2.41. The molecule has 20 heavy (non-hydrogen) atoms. The number of piperazine rings is 1. The third-order valence-electron chi connectivity index (χ3n) is 6.08. The number of nitrogens with one attached hydrogen (secondary N) is 1. The van der Waals surface area contributed by atoms with Gasteiger partial charge in [-0.2, -0.15) is 0 Å². The van der Waals surface area contributed by atoms with E-state index in [4.69, 9.17) is 0 Å². The van der Waals surface area contributed by atoms with Gasteiger partial charge in [0.05, 0.1) is 0 Å². The van der Waals surface area contributed by atoms with Crippen molar-refractivity contribution in [2.24, 2.45) is 11.3 Å². The van der Waals surface area contributed by atoms with Crippen LogP contribution in [0.3, 0.4) is 0 Å². The summed E-state index contributed by atoms with van der Waals surface area (Å²) in [5, 5.41) is 3.86. The second-order valence-corrected chi connectivity index (χ2v) is 8.43. The molecule has 116 valence electrons. The highest BCUT2D eigenvalue weighted by Crippen LogP contribution is 2.44. The normalized spacial score (nSPS) is 29.6. The average Bonchev–Trinajstić information content (AvgIpc) is 2.99. The lowest BCUT2D eigenvalue weighted by Gasteiger charge is -2.45. The highest BCUT2D eigenvalue weighted by molar-refractivity contribution is 5.00. The van der Waals surface area contributed by atoms with Crippen LogP contribution >= 0.6 is 0 Å². The van der Waals surface area contributed by atoms with Gasteiger partial charge in [0, 0.05) is 31.7 Å². The van der Waals surface area contributed by atoms with Crippen molar-refractivity contribution in [1.29, 1.82) is 0 Å². The summed E-state index contributed by atoms with van der Waals surface area (Å²) in [5.74, 6) is 0.858. The quantitative estimate of drug-likeness (QED) is 0.841. The first kappa shape index (κ1) is 14.8. The third-order valence-corrected chi connectivity index (χ3v) is 6.08. The van der Waals surface area contributed by atoms with Gasteiger partial charge in [0.1, 0.15) is 0 Å². The Hall–Kier alpha value is -0.0800. The van der Waals surface area contributed by atoms with Gasteiger partial charge in [-0.05, 0) is 43.4 Å². The monoisotopic (exact) mass is 278 g/mol. The summed E-state index contributed by atoms with van der Waals surface area (Å²) in [6, 6.07) is 0. The topological polar surface area (TPSA) is 15.3 Å². The zero-order valence-electron chi connectivity index (χ0n) is 13.7. The van der Waals surface area contributed by atoms with Crippen molar-refractivity contribution in [3.8, 4) is 0 Å². The first-order valence-corrected chi connectivity index (χ1v) is 9.09. The SMILES string of the molecule is CC(C)CC1(CN2CCNC3(CCCC3)C2)CCCC1. The second kappa shape index (κ2) is 5.96. The molecule has 1 saturated heterocycles. The van der Waals surface area contributed by atoms with Gasteiger partial charge < -0.3 is 5.32 Å². The van der Waals surface area contributed by atoms with E-state index in [-0.39, 0.29) is 0 Å². The molecule has 0 amide bonds. The minimum absolute atomic E-state index is 0.496. The fourth-order valence-corrected chi connectivity index (χ4v) is 5.46. The molecule has 2 aliphatic carbocycles. The van der Waals surface area contributed by atoms with Crippen LogP contribution in [-0.4, -0.2) is 36.6 Å². The maximum absolute atomic E-state index is 3.86. The van der Waals surface area contributed by atoms with Crippen LogP contribution in [0.15, 0.2) is 0 Å². The molecule has 2 saturated carbocycles. The predicted octanol–water partition coefficient (Wildman–Crippen LogP) is 3.81. The first-order chi connectivity index (χ1) is 9.62. The van der Waals surface area contributed by atoms with Gasteiger partial charge in [0.2, 0.25) is 0 Å². The van der Waals surface area contributed by atoms with E-state index < -0.39 is 0 Å². The molecule has 0 aromatic carbocycles. The fourth-order valence-electron chi connectivity index (χ4n) is 5.46. The van der Waals surface area contributed by atoms with E-state index in [1.807, 2.05) is 0 Å². The zero-order valence-corrected chi connectivity index (χ0v) is 13.7. The molecule has 0 aromatic rings. The van der Waals surface area contributed by atoms with Gasteiger partial charge >= 0.3 is 0 Å². The van der Waals surface area contributed by atoms with Crippen LogP contribution < -0.4 is 5.32 Å². The molecule has 3 rings (SSSR count). The fraction of sp³-hybridized carbons (Fsp3) is 1.00. The van der Waals surface area contributed by atoms with Crippen LogP contribution in [0.4, 0.5) is 0 Å². The first-order valence-electron chi connectivity index (χ1n) is 9.09. The summed E-state index contributed by atoms with van der Waals surface area (Å²) in [5.41, 5.74) is 1.15. The van der Waals surface area contributed by atoms with E-state index in [1.165, 1.54) is 84.0 Å². The van der Waals surface area contributed by atoms with Crippen molar-refractivity contribution in [2.75, 3.05) is 26.2 Å². The van der Waals surface area contributed by atoms with Crippen LogP contribution in [-0.2, 0) is 0 Å². The number of rotatable bonds is 4. The maximum atomic E-state index is 3.86. The molecule has 0 unspecified atom stereocenters. The van der Waals surface area contributed by atoms with Gasteiger partial charge in [0.15, 0.2) is 0 Å². The van der Waals surface area contributed by atoms with Gasteiger partial charge in [-0.25, -0.2) is 0 Å². The average molecular weight is 278 g/mol. The Morgan fingerprint density at radius 2 is 1.65 bits per heavy atom. The molecule has 0 radical (unpaired) electrons. The Morgan fingerprint density at radius 1 is 1.00 bits per heavy atom. The molecular formula is C18H34N2. The minimum Gasteiger partial charge on any atom is -0.309 e. The van der Waals surface area contributed by atoms with Gasteiger partial charge in [0.25, 0.3) is 0 Å². The molecule has 1 N–H and O–H groups in total. The summed E-state index contributed by atoms with van der Waals surface area (Å²) in [4.78, 5) is 2.83. The molecule has 1 spiro atoms. The smallest absolute Gasteiger partial charge is 0.0309 e. The van der Waals surface area contributed by atoms with Crippen LogP contribution in [0.2, 0.25) is 0 Å². The Morgan fingerprint density at radius 3 is 2.30 bits per heavy atom. The zero-order chi connectivity index (χ0) is 14.1. The lowest BCUT2D eigenvalue weighted by Crippen LogP contribution is -2.60.